The minimum absolute atomic E-state index is 0.219. The lowest BCUT2D eigenvalue weighted by molar-refractivity contribution is -0.137. The molecule has 0 spiro atoms. The first-order valence-corrected chi connectivity index (χ1v) is 6.15. The molecule has 0 bridgehead atoms. The Balaban J connectivity index is 2.18. The molecule has 0 aromatic heterocycles. The number of rotatable bonds is 3. The van der Waals surface area contributed by atoms with Gasteiger partial charge in [0.2, 0.25) is 0 Å². The van der Waals surface area contributed by atoms with Crippen molar-refractivity contribution in [2.45, 2.75) is 6.18 Å². The third kappa shape index (κ3) is 3.72. The number of carbonyl (C=O) groups excluding carboxylic acids is 1. The van der Waals surface area contributed by atoms with Crippen molar-refractivity contribution in [2.24, 2.45) is 0 Å². The van der Waals surface area contributed by atoms with Crippen LogP contribution < -0.4 is 0 Å². The quantitative estimate of drug-likeness (QED) is 0.517. The number of carbonyl (C=O) groups is 1. The lowest BCUT2D eigenvalue weighted by atomic mass is 10.1. The predicted molar refractivity (Wildman–Crippen MR) is 72.9 cm³/mol. The van der Waals surface area contributed by atoms with E-state index in [0.29, 0.717) is 5.56 Å². The predicted octanol–water partition coefficient (Wildman–Crippen LogP) is 4.45. The highest BCUT2D eigenvalue weighted by Crippen LogP contribution is 2.29. The maximum atomic E-state index is 13.0. The second-order valence-corrected chi connectivity index (χ2v) is 4.48. The molecular weight excluding hydrogens is 300 g/mol. The number of hydrogen-bond donors (Lipinski definition) is 1. The number of halogens is 4. The maximum Gasteiger partial charge on any atom is 0.416 e. The third-order valence-corrected chi connectivity index (χ3v) is 2.89. The first kappa shape index (κ1) is 15.8. The summed E-state index contributed by atoms with van der Waals surface area (Å²) in [6.45, 7) is 0. The Morgan fingerprint density at radius 3 is 2.27 bits per heavy atom. The molecule has 0 aliphatic rings. The fourth-order valence-electron chi connectivity index (χ4n) is 1.75. The van der Waals surface area contributed by atoms with Gasteiger partial charge in [0.15, 0.2) is 5.78 Å². The highest BCUT2D eigenvalue weighted by atomic mass is 19.4. The van der Waals surface area contributed by atoms with E-state index in [9.17, 15) is 27.5 Å². The smallest absolute Gasteiger partial charge is 0.416 e. The van der Waals surface area contributed by atoms with E-state index in [1.165, 1.54) is 18.2 Å². The Morgan fingerprint density at radius 1 is 1.05 bits per heavy atom. The van der Waals surface area contributed by atoms with Gasteiger partial charge in [0.1, 0.15) is 11.6 Å². The van der Waals surface area contributed by atoms with Crippen LogP contribution in [0, 0.1) is 5.82 Å². The lowest BCUT2D eigenvalue weighted by Gasteiger charge is -2.05. The lowest BCUT2D eigenvalue weighted by Crippen LogP contribution is -2.04. The molecule has 2 rings (SSSR count). The van der Waals surface area contributed by atoms with Crippen molar-refractivity contribution in [1.82, 2.24) is 0 Å². The van der Waals surface area contributed by atoms with Crippen LogP contribution in [0.1, 0.15) is 21.5 Å². The van der Waals surface area contributed by atoms with Crippen LogP contribution in [0.25, 0.3) is 6.08 Å². The summed E-state index contributed by atoms with van der Waals surface area (Å²) in [4.78, 5) is 11.8. The second kappa shape index (κ2) is 6.01. The molecule has 22 heavy (non-hydrogen) atoms. The number of aromatic hydroxyl groups is 1. The van der Waals surface area contributed by atoms with Crippen LogP contribution in [-0.4, -0.2) is 10.9 Å². The number of ketones is 1. The molecule has 0 atom stereocenters. The Hall–Kier alpha value is -2.63. The van der Waals surface area contributed by atoms with Gasteiger partial charge in [0.25, 0.3) is 0 Å². The van der Waals surface area contributed by atoms with Gasteiger partial charge < -0.3 is 5.11 Å². The fourth-order valence-corrected chi connectivity index (χ4v) is 1.75. The zero-order valence-electron chi connectivity index (χ0n) is 11.1. The number of allylic oxidation sites excluding steroid dienone is 1. The second-order valence-electron chi connectivity index (χ2n) is 4.48. The summed E-state index contributed by atoms with van der Waals surface area (Å²) >= 11 is 0. The SMILES string of the molecule is O=C(C=Cc1ccc(C(F)(F)F)cc1)c1cc(F)ccc1O. The molecule has 2 aromatic carbocycles. The Kier molecular flexibility index (Phi) is 4.30. The molecule has 0 saturated carbocycles. The van der Waals surface area contributed by atoms with Gasteiger partial charge in [-0.05, 0) is 42.0 Å². The van der Waals surface area contributed by atoms with Crippen molar-refractivity contribution < 1.29 is 27.5 Å². The van der Waals surface area contributed by atoms with Crippen LogP contribution in [-0.2, 0) is 6.18 Å². The average Bonchev–Trinajstić information content (AvgIpc) is 2.47. The monoisotopic (exact) mass is 310 g/mol. The zero-order valence-corrected chi connectivity index (χ0v) is 11.1. The van der Waals surface area contributed by atoms with E-state index in [4.69, 9.17) is 0 Å². The number of phenolic OH excluding ortho intramolecular Hbond substituents is 1. The van der Waals surface area contributed by atoms with E-state index in [2.05, 4.69) is 0 Å². The first-order chi connectivity index (χ1) is 10.3. The van der Waals surface area contributed by atoms with E-state index in [1.54, 1.807) is 0 Å². The van der Waals surface area contributed by atoms with Gasteiger partial charge in [-0.15, -0.1) is 0 Å². The van der Waals surface area contributed by atoms with Crippen LogP contribution in [0.5, 0.6) is 5.75 Å². The van der Waals surface area contributed by atoms with Crippen molar-refractivity contribution in [3.8, 4) is 5.75 Å². The summed E-state index contributed by atoms with van der Waals surface area (Å²) in [5.41, 5.74) is -0.640. The molecule has 2 aromatic rings. The van der Waals surface area contributed by atoms with Crippen LogP contribution in [0.4, 0.5) is 17.6 Å². The van der Waals surface area contributed by atoms with E-state index >= 15 is 0 Å². The Morgan fingerprint density at radius 2 is 1.68 bits per heavy atom. The van der Waals surface area contributed by atoms with Gasteiger partial charge in [-0.2, -0.15) is 13.2 Å². The standard InChI is InChI=1S/C16H10F4O2/c17-12-6-8-15(22)13(9-12)14(21)7-3-10-1-4-11(5-2-10)16(18,19)20/h1-9,22H. The normalized spacial score (nSPS) is 11.8. The number of alkyl halides is 3. The van der Waals surface area contributed by atoms with Crippen LogP contribution in [0.2, 0.25) is 0 Å². The van der Waals surface area contributed by atoms with Crippen molar-refractivity contribution in [3.05, 3.63) is 71.0 Å². The molecule has 2 nitrogen and oxygen atoms in total. The van der Waals surface area contributed by atoms with Crippen molar-refractivity contribution >= 4 is 11.9 Å². The summed E-state index contributed by atoms with van der Waals surface area (Å²) in [7, 11) is 0. The molecule has 0 aliphatic heterocycles. The molecule has 0 fully saturated rings. The van der Waals surface area contributed by atoms with Crippen molar-refractivity contribution in [1.29, 1.82) is 0 Å². The Bertz CT molecular complexity index is 716. The van der Waals surface area contributed by atoms with Gasteiger partial charge in [0, 0.05) is 0 Å². The van der Waals surface area contributed by atoms with Crippen LogP contribution in [0.15, 0.2) is 48.5 Å². The average molecular weight is 310 g/mol. The highest BCUT2D eigenvalue weighted by Gasteiger charge is 2.29. The van der Waals surface area contributed by atoms with Gasteiger partial charge >= 0.3 is 6.18 Å². The van der Waals surface area contributed by atoms with E-state index in [1.807, 2.05) is 0 Å². The van der Waals surface area contributed by atoms with Gasteiger partial charge in [-0.25, -0.2) is 4.39 Å². The van der Waals surface area contributed by atoms with Crippen molar-refractivity contribution in [2.75, 3.05) is 0 Å². The van der Waals surface area contributed by atoms with E-state index in [-0.39, 0.29) is 11.3 Å². The summed E-state index contributed by atoms with van der Waals surface area (Å²) in [5, 5.41) is 9.48. The summed E-state index contributed by atoms with van der Waals surface area (Å²) < 4.78 is 50.2. The first-order valence-electron chi connectivity index (χ1n) is 6.15. The molecule has 114 valence electrons. The number of hydrogen-bond acceptors (Lipinski definition) is 2. The van der Waals surface area contributed by atoms with E-state index in [0.717, 1.165) is 36.4 Å². The molecule has 0 aliphatic carbocycles. The largest absolute Gasteiger partial charge is 0.507 e. The molecule has 0 amide bonds. The minimum atomic E-state index is -4.43. The highest BCUT2D eigenvalue weighted by molar-refractivity contribution is 6.08. The topological polar surface area (TPSA) is 37.3 Å². The molecule has 0 unspecified atom stereocenters. The minimum Gasteiger partial charge on any atom is -0.507 e. The Labute approximate surface area is 123 Å². The molecule has 6 heteroatoms. The third-order valence-electron chi connectivity index (χ3n) is 2.89. The molecule has 1 N–H and O–H groups in total. The van der Waals surface area contributed by atoms with Gasteiger partial charge in [-0.1, -0.05) is 18.2 Å². The molecule has 0 saturated heterocycles. The number of phenols is 1. The zero-order chi connectivity index (χ0) is 16.3. The van der Waals surface area contributed by atoms with E-state index < -0.39 is 23.3 Å². The van der Waals surface area contributed by atoms with Gasteiger partial charge in [-0.3, -0.25) is 4.79 Å². The maximum absolute atomic E-state index is 13.0. The summed E-state index contributed by atoms with van der Waals surface area (Å²) in [6, 6.07) is 7.14. The van der Waals surface area contributed by atoms with Crippen LogP contribution in [0.3, 0.4) is 0 Å². The van der Waals surface area contributed by atoms with Crippen LogP contribution >= 0.6 is 0 Å². The van der Waals surface area contributed by atoms with Gasteiger partial charge in [0.05, 0.1) is 11.1 Å². The van der Waals surface area contributed by atoms with Crippen molar-refractivity contribution in [3.63, 3.8) is 0 Å². The fraction of sp³-hybridized carbons (Fsp3) is 0.0625. The molecular formula is C16H10F4O2. The summed E-state index contributed by atoms with van der Waals surface area (Å²) in [6.07, 6.45) is -2.09. The molecule has 0 radical (unpaired) electrons. The molecule has 0 heterocycles. The number of benzene rings is 2. The summed E-state index contributed by atoms with van der Waals surface area (Å²) in [5.74, 6) is -1.70.